The summed E-state index contributed by atoms with van der Waals surface area (Å²) in [4.78, 5) is 19.6. The van der Waals surface area contributed by atoms with E-state index in [9.17, 15) is 4.79 Å². The maximum Gasteiger partial charge on any atom is 0.263 e. The predicted molar refractivity (Wildman–Crippen MR) is 102 cm³/mol. The zero-order valence-corrected chi connectivity index (χ0v) is 15.3. The minimum absolute atomic E-state index is 0.0127. The molecule has 0 bridgehead atoms. The molecule has 4 rings (SSSR count). The molecule has 6 heteroatoms. The normalized spacial score (nSPS) is 11.2. The molecule has 1 aromatic carbocycles. The molecule has 0 saturated heterocycles. The van der Waals surface area contributed by atoms with E-state index in [1.165, 1.54) is 5.56 Å². The van der Waals surface area contributed by atoms with E-state index in [-0.39, 0.29) is 5.56 Å². The largest absolute Gasteiger partial charge is 0.467 e. The molecule has 0 aliphatic heterocycles. The molecule has 0 atom stereocenters. The Labute approximate surface area is 153 Å². The minimum Gasteiger partial charge on any atom is -0.467 e. The second-order valence-corrected chi connectivity index (χ2v) is 7.89. The van der Waals surface area contributed by atoms with Crippen molar-refractivity contribution >= 4 is 33.3 Å². The van der Waals surface area contributed by atoms with Gasteiger partial charge in [0.25, 0.3) is 5.56 Å². The number of nitrogens with zero attached hydrogens (tertiary/aromatic N) is 2. The highest BCUT2D eigenvalue weighted by atomic mass is 32.2. The van der Waals surface area contributed by atoms with Gasteiger partial charge in [0.15, 0.2) is 5.16 Å². The lowest BCUT2D eigenvalue weighted by molar-refractivity contribution is 0.477. The number of thioether (sulfide) groups is 1. The van der Waals surface area contributed by atoms with Crippen molar-refractivity contribution < 1.29 is 4.42 Å². The molecule has 0 fully saturated rings. The molecule has 3 heterocycles. The molecular formula is C19H16N2O2S2. The molecule has 126 valence electrons. The molecule has 4 nitrogen and oxygen atoms in total. The maximum atomic E-state index is 13.0. The standard InChI is InChI=1S/C19H16N2O2S2/c1-13-10-16-17(25-13)20-19(24-12-14-6-3-2-4-7-14)21(18(16)22)11-15-8-5-9-23-15/h2-10H,11-12H2,1H3. The van der Waals surface area contributed by atoms with Crippen LogP contribution in [-0.2, 0) is 12.3 Å². The van der Waals surface area contributed by atoms with Crippen molar-refractivity contribution in [3.05, 3.63) is 81.3 Å². The highest BCUT2D eigenvalue weighted by Gasteiger charge is 2.15. The van der Waals surface area contributed by atoms with Crippen molar-refractivity contribution in [2.75, 3.05) is 0 Å². The summed E-state index contributed by atoms with van der Waals surface area (Å²) in [7, 11) is 0. The summed E-state index contributed by atoms with van der Waals surface area (Å²) < 4.78 is 7.14. The topological polar surface area (TPSA) is 48.0 Å². The molecule has 0 spiro atoms. The number of rotatable bonds is 5. The van der Waals surface area contributed by atoms with E-state index in [2.05, 4.69) is 12.1 Å². The van der Waals surface area contributed by atoms with E-state index >= 15 is 0 Å². The molecule has 25 heavy (non-hydrogen) atoms. The average Bonchev–Trinajstić information content (AvgIpc) is 3.26. The number of aryl methyl sites for hydroxylation is 1. The van der Waals surface area contributed by atoms with E-state index in [4.69, 9.17) is 9.40 Å². The number of fused-ring (bicyclic) bond motifs is 1. The summed E-state index contributed by atoms with van der Waals surface area (Å²) in [5.41, 5.74) is 1.19. The van der Waals surface area contributed by atoms with Gasteiger partial charge >= 0.3 is 0 Å². The van der Waals surface area contributed by atoms with E-state index in [1.54, 1.807) is 33.9 Å². The highest BCUT2D eigenvalue weighted by Crippen LogP contribution is 2.26. The van der Waals surface area contributed by atoms with Crippen LogP contribution in [0.15, 0.2) is 69.2 Å². The molecule has 0 aliphatic rings. The lowest BCUT2D eigenvalue weighted by Gasteiger charge is -2.10. The summed E-state index contributed by atoms with van der Waals surface area (Å²) in [6.07, 6.45) is 1.62. The Morgan fingerprint density at radius 2 is 2.04 bits per heavy atom. The third-order valence-corrected chi connectivity index (χ3v) is 5.84. The summed E-state index contributed by atoms with van der Waals surface area (Å²) in [6, 6.07) is 15.8. The van der Waals surface area contributed by atoms with Gasteiger partial charge in [-0.05, 0) is 30.7 Å². The molecular weight excluding hydrogens is 352 g/mol. The van der Waals surface area contributed by atoms with E-state index in [0.717, 1.165) is 26.4 Å². The van der Waals surface area contributed by atoms with Gasteiger partial charge in [0.2, 0.25) is 0 Å². The fraction of sp³-hybridized carbons (Fsp3) is 0.158. The van der Waals surface area contributed by atoms with Gasteiger partial charge in [0.1, 0.15) is 10.6 Å². The monoisotopic (exact) mass is 368 g/mol. The highest BCUT2D eigenvalue weighted by molar-refractivity contribution is 7.98. The Hall–Kier alpha value is -2.31. The van der Waals surface area contributed by atoms with Gasteiger partial charge in [0.05, 0.1) is 18.2 Å². The van der Waals surface area contributed by atoms with Crippen molar-refractivity contribution in [3.8, 4) is 0 Å². The molecule has 0 amide bonds. The van der Waals surface area contributed by atoms with Crippen molar-refractivity contribution in [2.45, 2.75) is 24.4 Å². The second kappa shape index (κ2) is 6.90. The van der Waals surface area contributed by atoms with E-state index in [0.29, 0.717) is 11.9 Å². The second-order valence-electron chi connectivity index (χ2n) is 5.72. The number of thiophene rings is 1. The van der Waals surface area contributed by atoms with Crippen LogP contribution in [0, 0.1) is 6.92 Å². The molecule has 0 saturated carbocycles. The number of benzene rings is 1. The predicted octanol–water partition coefficient (Wildman–Crippen LogP) is 4.70. The molecule has 0 N–H and O–H groups in total. The maximum absolute atomic E-state index is 13.0. The molecule has 3 aromatic heterocycles. The fourth-order valence-electron chi connectivity index (χ4n) is 2.65. The van der Waals surface area contributed by atoms with Crippen LogP contribution in [0.5, 0.6) is 0 Å². The SMILES string of the molecule is Cc1cc2c(=O)n(Cc3ccco3)c(SCc3ccccc3)nc2s1. The van der Waals surface area contributed by atoms with Gasteiger partial charge in [-0.15, -0.1) is 11.3 Å². The van der Waals surface area contributed by atoms with Crippen LogP contribution in [0.4, 0.5) is 0 Å². The smallest absolute Gasteiger partial charge is 0.263 e. The quantitative estimate of drug-likeness (QED) is 0.378. The van der Waals surface area contributed by atoms with Crippen molar-refractivity contribution in [3.63, 3.8) is 0 Å². The van der Waals surface area contributed by atoms with Crippen LogP contribution in [0.2, 0.25) is 0 Å². The summed E-state index contributed by atoms with van der Waals surface area (Å²) >= 11 is 3.13. The Morgan fingerprint density at radius 1 is 1.20 bits per heavy atom. The number of aromatic nitrogens is 2. The summed E-state index contributed by atoms with van der Waals surface area (Å²) in [5.74, 6) is 1.51. The van der Waals surface area contributed by atoms with Gasteiger partial charge in [-0.3, -0.25) is 9.36 Å². The van der Waals surface area contributed by atoms with Crippen LogP contribution in [-0.4, -0.2) is 9.55 Å². The Balaban J connectivity index is 1.75. The fourth-order valence-corrected chi connectivity index (χ4v) is 4.52. The first-order valence-corrected chi connectivity index (χ1v) is 9.71. The third kappa shape index (κ3) is 3.41. The van der Waals surface area contributed by atoms with Crippen LogP contribution in [0.25, 0.3) is 10.2 Å². The number of furan rings is 1. The molecule has 0 radical (unpaired) electrons. The molecule has 0 unspecified atom stereocenters. The van der Waals surface area contributed by atoms with Gasteiger partial charge in [-0.25, -0.2) is 4.98 Å². The Morgan fingerprint density at radius 3 is 2.80 bits per heavy atom. The zero-order valence-electron chi connectivity index (χ0n) is 13.6. The van der Waals surface area contributed by atoms with Gasteiger partial charge in [-0.2, -0.15) is 0 Å². The van der Waals surface area contributed by atoms with E-state index in [1.807, 2.05) is 43.3 Å². The van der Waals surface area contributed by atoms with Gasteiger partial charge in [0, 0.05) is 10.6 Å². The van der Waals surface area contributed by atoms with Crippen LogP contribution >= 0.6 is 23.1 Å². The van der Waals surface area contributed by atoms with Gasteiger partial charge < -0.3 is 4.42 Å². The van der Waals surface area contributed by atoms with Crippen LogP contribution in [0.3, 0.4) is 0 Å². The van der Waals surface area contributed by atoms with Crippen molar-refractivity contribution in [1.82, 2.24) is 9.55 Å². The summed E-state index contributed by atoms with van der Waals surface area (Å²) in [5, 5.41) is 1.40. The first kappa shape index (κ1) is 16.2. The minimum atomic E-state index is -0.0127. The average molecular weight is 368 g/mol. The lowest BCUT2D eigenvalue weighted by Crippen LogP contribution is -2.23. The van der Waals surface area contributed by atoms with E-state index < -0.39 is 0 Å². The van der Waals surface area contributed by atoms with Crippen LogP contribution in [0.1, 0.15) is 16.2 Å². The third-order valence-electron chi connectivity index (χ3n) is 3.84. The molecule has 4 aromatic rings. The Bertz CT molecular complexity index is 1050. The first-order valence-electron chi connectivity index (χ1n) is 7.91. The van der Waals surface area contributed by atoms with Crippen LogP contribution < -0.4 is 5.56 Å². The Kier molecular flexibility index (Phi) is 4.46. The van der Waals surface area contributed by atoms with Crippen molar-refractivity contribution in [2.24, 2.45) is 0 Å². The van der Waals surface area contributed by atoms with Crippen molar-refractivity contribution in [1.29, 1.82) is 0 Å². The zero-order chi connectivity index (χ0) is 17.2. The number of hydrogen-bond donors (Lipinski definition) is 0. The molecule has 0 aliphatic carbocycles. The van der Waals surface area contributed by atoms with Gasteiger partial charge in [-0.1, -0.05) is 42.1 Å². The number of hydrogen-bond acceptors (Lipinski definition) is 5. The summed E-state index contributed by atoms with van der Waals surface area (Å²) in [6.45, 7) is 2.39. The first-order chi connectivity index (χ1) is 12.2. The lowest BCUT2D eigenvalue weighted by atomic mass is 10.2.